The molecule has 0 radical (unpaired) electrons. The average molecular weight is 275 g/mol. The Morgan fingerprint density at radius 1 is 1.20 bits per heavy atom. The van der Waals surface area contributed by atoms with Crippen LogP contribution in [0.2, 0.25) is 0 Å². The number of nitrogens with one attached hydrogen (secondary N) is 2. The van der Waals surface area contributed by atoms with Crippen molar-refractivity contribution in [2.75, 3.05) is 27.2 Å². The maximum absolute atomic E-state index is 12.1. The molecular weight excluding hydrogens is 254 g/mol. The van der Waals surface area contributed by atoms with E-state index in [9.17, 15) is 9.59 Å². The van der Waals surface area contributed by atoms with Crippen molar-refractivity contribution >= 4 is 17.9 Å². The van der Waals surface area contributed by atoms with Crippen molar-refractivity contribution in [2.45, 2.75) is 6.92 Å². The lowest BCUT2D eigenvalue weighted by Crippen LogP contribution is -2.37. The highest BCUT2D eigenvalue weighted by Gasteiger charge is 2.10. The van der Waals surface area contributed by atoms with Crippen LogP contribution in [0.3, 0.4) is 0 Å². The maximum Gasteiger partial charge on any atom is 0.267 e. The Bertz CT molecular complexity index is 481. The zero-order valence-corrected chi connectivity index (χ0v) is 12.1. The molecule has 0 atom stereocenters. The van der Waals surface area contributed by atoms with E-state index in [0.717, 1.165) is 12.1 Å². The van der Waals surface area contributed by atoms with Crippen molar-refractivity contribution in [3.8, 4) is 0 Å². The zero-order chi connectivity index (χ0) is 15.0. The van der Waals surface area contributed by atoms with E-state index >= 15 is 0 Å². The highest BCUT2D eigenvalue weighted by atomic mass is 16.2. The van der Waals surface area contributed by atoms with Crippen molar-refractivity contribution < 1.29 is 9.59 Å². The molecule has 0 aliphatic carbocycles. The number of carbonyl (C=O) groups is 2. The molecule has 0 unspecified atom stereocenters. The van der Waals surface area contributed by atoms with Crippen LogP contribution < -0.4 is 10.6 Å². The van der Waals surface area contributed by atoms with Gasteiger partial charge < -0.3 is 15.5 Å². The van der Waals surface area contributed by atoms with Gasteiger partial charge >= 0.3 is 0 Å². The molecule has 5 nitrogen and oxygen atoms in total. The second-order valence-corrected chi connectivity index (χ2v) is 4.71. The van der Waals surface area contributed by atoms with Crippen LogP contribution in [0.5, 0.6) is 0 Å². The quantitative estimate of drug-likeness (QED) is 0.756. The van der Waals surface area contributed by atoms with Crippen LogP contribution in [0, 0.1) is 0 Å². The lowest BCUT2D eigenvalue weighted by molar-refractivity contribution is -0.122. The zero-order valence-electron chi connectivity index (χ0n) is 12.1. The number of hydrogen-bond donors (Lipinski definition) is 2. The van der Waals surface area contributed by atoms with Crippen molar-refractivity contribution in [1.82, 2.24) is 15.5 Å². The molecule has 0 aliphatic rings. The Labute approximate surface area is 119 Å². The first-order valence-corrected chi connectivity index (χ1v) is 6.46. The van der Waals surface area contributed by atoms with Gasteiger partial charge in [-0.05, 0) is 25.7 Å². The summed E-state index contributed by atoms with van der Waals surface area (Å²) in [6, 6.07) is 9.39. The van der Waals surface area contributed by atoms with Gasteiger partial charge in [0, 0.05) is 20.0 Å². The maximum atomic E-state index is 12.1. The Morgan fingerprint density at radius 2 is 1.85 bits per heavy atom. The number of likely N-dealkylation sites (N-methyl/N-ethyl adjacent to an activating group) is 1. The molecule has 1 aromatic rings. The van der Waals surface area contributed by atoms with E-state index < -0.39 is 0 Å². The van der Waals surface area contributed by atoms with Gasteiger partial charge in [0.1, 0.15) is 5.70 Å². The summed E-state index contributed by atoms with van der Waals surface area (Å²) in [7, 11) is 3.86. The van der Waals surface area contributed by atoms with Crippen LogP contribution in [0.25, 0.3) is 6.08 Å². The molecule has 2 amide bonds. The largest absolute Gasteiger partial charge is 0.349 e. The molecule has 0 spiro atoms. The summed E-state index contributed by atoms with van der Waals surface area (Å²) in [5, 5.41) is 5.34. The second kappa shape index (κ2) is 8.12. The molecule has 0 aliphatic heterocycles. The van der Waals surface area contributed by atoms with Crippen molar-refractivity contribution in [1.29, 1.82) is 0 Å². The molecule has 1 rings (SSSR count). The number of amides is 2. The third-order valence-electron chi connectivity index (χ3n) is 2.51. The first-order valence-electron chi connectivity index (χ1n) is 6.46. The van der Waals surface area contributed by atoms with Crippen molar-refractivity contribution in [2.24, 2.45) is 0 Å². The molecule has 0 bridgehead atoms. The molecule has 20 heavy (non-hydrogen) atoms. The number of rotatable bonds is 6. The summed E-state index contributed by atoms with van der Waals surface area (Å²) < 4.78 is 0. The Morgan fingerprint density at radius 3 is 2.40 bits per heavy atom. The molecule has 0 fully saturated rings. The Balaban J connectivity index is 2.76. The normalized spacial score (nSPS) is 11.3. The molecule has 5 heteroatoms. The summed E-state index contributed by atoms with van der Waals surface area (Å²) in [4.78, 5) is 25.2. The first-order chi connectivity index (χ1) is 9.49. The predicted octanol–water partition coefficient (Wildman–Crippen LogP) is 0.841. The third kappa shape index (κ3) is 6.15. The SMILES string of the molecule is CC(=O)NC(=Cc1ccccc1)C(=O)NCCN(C)C. The van der Waals surface area contributed by atoms with Gasteiger partial charge in [0.2, 0.25) is 5.91 Å². The van der Waals surface area contributed by atoms with Gasteiger partial charge in [0.05, 0.1) is 0 Å². The minimum absolute atomic E-state index is 0.252. The van der Waals surface area contributed by atoms with Gasteiger partial charge in [-0.3, -0.25) is 9.59 Å². The standard InChI is InChI=1S/C15H21N3O2/c1-12(19)17-14(11-13-7-5-4-6-8-13)15(20)16-9-10-18(2)3/h4-8,11H,9-10H2,1-3H3,(H,16,20)(H,17,19). The molecule has 1 aromatic carbocycles. The number of carbonyl (C=O) groups excluding carboxylic acids is 2. The summed E-state index contributed by atoms with van der Waals surface area (Å²) in [5.41, 5.74) is 1.11. The molecule has 0 saturated carbocycles. The molecule has 0 saturated heterocycles. The minimum Gasteiger partial charge on any atom is -0.349 e. The fourth-order valence-corrected chi connectivity index (χ4v) is 1.55. The van der Waals surface area contributed by atoms with E-state index in [1.165, 1.54) is 6.92 Å². The monoisotopic (exact) mass is 275 g/mol. The lowest BCUT2D eigenvalue weighted by atomic mass is 10.2. The molecule has 108 valence electrons. The van der Waals surface area contributed by atoms with Crippen LogP contribution in [0.1, 0.15) is 12.5 Å². The van der Waals surface area contributed by atoms with Gasteiger partial charge in [-0.25, -0.2) is 0 Å². The summed E-state index contributed by atoms with van der Waals surface area (Å²) in [6.07, 6.45) is 1.66. The van der Waals surface area contributed by atoms with Crippen molar-refractivity contribution in [3.63, 3.8) is 0 Å². The van der Waals surface area contributed by atoms with Gasteiger partial charge in [0.25, 0.3) is 5.91 Å². The van der Waals surface area contributed by atoms with Gasteiger partial charge in [-0.2, -0.15) is 0 Å². The van der Waals surface area contributed by atoms with Crippen LogP contribution in [0.4, 0.5) is 0 Å². The van der Waals surface area contributed by atoms with Crippen molar-refractivity contribution in [3.05, 3.63) is 41.6 Å². The average Bonchev–Trinajstić information content (AvgIpc) is 2.38. The number of hydrogen-bond acceptors (Lipinski definition) is 3. The predicted molar refractivity (Wildman–Crippen MR) is 79.8 cm³/mol. The smallest absolute Gasteiger partial charge is 0.267 e. The van der Waals surface area contributed by atoms with Gasteiger partial charge in [-0.15, -0.1) is 0 Å². The summed E-state index contributed by atoms with van der Waals surface area (Å²) in [5.74, 6) is -0.555. The Kier molecular flexibility index (Phi) is 6.46. The van der Waals surface area contributed by atoms with E-state index in [0.29, 0.717) is 6.54 Å². The molecular formula is C15H21N3O2. The van der Waals surface area contributed by atoms with Crippen LogP contribution >= 0.6 is 0 Å². The van der Waals surface area contributed by atoms with Crippen LogP contribution in [0.15, 0.2) is 36.0 Å². The second-order valence-electron chi connectivity index (χ2n) is 4.71. The summed E-state index contributed by atoms with van der Waals surface area (Å²) in [6.45, 7) is 2.65. The topological polar surface area (TPSA) is 61.4 Å². The summed E-state index contributed by atoms with van der Waals surface area (Å²) >= 11 is 0. The molecule has 0 heterocycles. The fourth-order valence-electron chi connectivity index (χ4n) is 1.55. The lowest BCUT2D eigenvalue weighted by Gasteiger charge is -2.12. The van der Waals surface area contributed by atoms with Gasteiger partial charge in [-0.1, -0.05) is 30.3 Å². The Hall–Kier alpha value is -2.14. The van der Waals surface area contributed by atoms with E-state index in [1.54, 1.807) is 6.08 Å². The van der Waals surface area contributed by atoms with Crippen LogP contribution in [-0.2, 0) is 9.59 Å². The highest BCUT2D eigenvalue weighted by Crippen LogP contribution is 2.05. The van der Waals surface area contributed by atoms with E-state index in [2.05, 4.69) is 10.6 Å². The number of nitrogens with zero attached hydrogens (tertiary/aromatic N) is 1. The molecule has 0 aromatic heterocycles. The molecule has 2 N–H and O–H groups in total. The van der Waals surface area contributed by atoms with E-state index in [1.807, 2.05) is 49.3 Å². The minimum atomic E-state index is -0.286. The third-order valence-corrected chi connectivity index (χ3v) is 2.51. The fraction of sp³-hybridized carbons (Fsp3) is 0.333. The van der Waals surface area contributed by atoms with E-state index in [-0.39, 0.29) is 17.5 Å². The first kappa shape index (κ1) is 15.9. The van der Waals surface area contributed by atoms with E-state index in [4.69, 9.17) is 0 Å². The number of benzene rings is 1. The highest BCUT2D eigenvalue weighted by molar-refractivity contribution is 6.00. The van der Waals surface area contributed by atoms with Gasteiger partial charge in [0.15, 0.2) is 0 Å². The van der Waals surface area contributed by atoms with Crippen LogP contribution in [-0.4, -0.2) is 43.9 Å².